The average molecular weight is 325 g/mol. The van der Waals surface area contributed by atoms with E-state index in [0.29, 0.717) is 18.6 Å². The standard InChI is InChI=1S/C13H18F3NO3S/c1-9(2)7-11(8-18)17-21(19,20)12-5-3-10(4-6-12)13(14,15)16/h3-6,9,11,17-18H,7-8H2,1-2H3. The Kier molecular flexibility index (Phi) is 5.77. The van der Waals surface area contributed by atoms with Crippen LogP contribution in [0.25, 0.3) is 0 Å². The summed E-state index contributed by atoms with van der Waals surface area (Å²) in [4.78, 5) is -0.266. The highest BCUT2D eigenvalue weighted by atomic mass is 32.2. The summed E-state index contributed by atoms with van der Waals surface area (Å²) >= 11 is 0. The lowest BCUT2D eigenvalue weighted by molar-refractivity contribution is -0.137. The van der Waals surface area contributed by atoms with E-state index in [1.54, 1.807) is 0 Å². The first-order valence-electron chi connectivity index (χ1n) is 6.36. The van der Waals surface area contributed by atoms with Crippen LogP contribution in [0.15, 0.2) is 29.2 Å². The first-order chi connectivity index (χ1) is 9.56. The molecule has 0 spiro atoms. The van der Waals surface area contributed by atoms with Gasteiger partial charge in [0, 0.05) is 6.04 Å². The number of sulfonamides is 1. The summed E-state index contributed by atoms with van der Waals surface area (Å²) in [6.45, 7) is 3.36. The Morgan fingerprint density at radius 3 is 2.10 bits per heavy atom. The number of alkyl halides is 3. The van der Waals surface area contributed by atoms with Crippen LogP contribution >= 0.6 is 0 Å². The van der Waals surface area contributed by atoms with Gasteiger partial charge in [0.1, 0.15) is 0 Å². The van der Waals surface area contributed by atoms with Gasteiger partial charge in [-0.25, -0.2) is 13.1 Å². The highest BCUT2D eigenvalue weighted by molar-refractivity contribution is 7.89. The van der Waals surface area contributed by atoms with E-state index in [4.69, 9.17) is 5.11 Å². The molecule has 0 fully saturated rings. The van der Waals surface area contributed by atoms with E-state index in [0.717, 1.165) is 12.1 Å². The normalized spacial score (nSPS) is 14.4. The number of halogens is 3. The van der Waals surface area contributed by atoms with Crippen molar-refractivity contribution >= 4 is 10.0 Å². The van der Waals surface area contributed by atoms with E-state index in [1.807, 2.05) is 13.8 Å². The van der Waals surface area contributed by atoms with Gasteiger partial charge in [-0.15, -0.1) is 0 Å². The van der Waals surface area contributed by atoms with Crippen LogP contribution in [0.5, 0.6) is 0 Å². The lowest BCUT2D eigenvalue weighted by Crippen LogP contribution is -2.38. The fraction of sp³-hybridized carbons (Fsp3) is 0.538. The molecule has 0 amide bonds. The minimum Gasteiger partial charge on any atom is -0.395 e. The van der Waals surface area contributed by atoms with Crippen molar-refractivity contribution in [2.24, 2.45) is 5.92 Å². The third-order valence-corrected chi connectivity index (χ3v) is 4.33. The van der Waals surface area contributed by atoms with Gasteiger partial charge in [0.2, 0.25) is 10.0 Å². The zero-order valence-electron chi connectivity index (χ0n) is 11.7. The van der Waals surface area contributed by atoms with Gasteiger partial charge in [0.25, 0.3) is 0 Å². The summed E-state index contributed by atoms with van der Waals surface area (Å²) in [7, 11) is -3.96. The monoisotopic (exact) mass is 325 g/mol. The molecule has 21 heavy (non-hydrogen) atoms. The van der Waals surface area contributed by atoms with Crippen LogP contribution in [0.3, 0.4) is 0 Å². The maximum atomic E-state index is 12.4. The molecule has 0 aliphatic carbocycles. The summed E-state index contributed by atoms with van der Waals surface area (Å²) in [5.74, 6) is 0.164. The van der Waals surface area contributed by atoms with Crippen molar-refractivity contribution in [3.05, 3.63) is 29.8 Å². The van der Waals surface area contributed by atoms with E-state index >= 15 is 0 Å². The fourth-order valence-corrected chi connectivity index (χ4v) is 3.08. The Bertz CT molecular complexity index is 553. The molecule has 0 heterocycles. The van der Waals surface area contributed by atoms with Crippen LogP contribution in [-0.4, -0.2) is 26.2 Å². The first-order valence-corrected chi connectivity index (χ1v) is 7.85. The molecule has 1 rings (SSSR count). The molecule has 0 radical (unpaired) electrons. The van der Waals surface area contributed by atoms with E-state index in [2.05, 4.69) is 4.72 Å². The van der Waals surface area contributed by atoms with Crippen molar-refractivity contribution in [3.8, 4) is 0 Å². The van der Waals surface area contributed by atoms with Crippen molar-refractivity contribution in [1.29, 1.82) is 0 Å². The highest BCUT2D eigenvalue weighted by Crippen LogP contribution is 2.29. The quantitative estimate of drug-likeness (QED) is 0.844. The number of aliphatic hydroxyl groups excluding tert-OH is 1. The second-order valence-corrected chi connectivity index (χ2v) is 6.87. The minimum absolute atomic E-state index is 0.164. The minimum atomic E-state index is -4.51. The molecule has 1 aromatic carbocycles. The van der Waals surface area contributed by atoms with Crippen molar-refractivity contribution in [2.45, 2.75) is 37.4 Å². The molecule has 0 aromatic heterocycles. The highest BCUT2D eigenvalue weighted by Gasteiger charge is 2.30. The van der Waals surface area contributed by atoms with Crippen molar-refractivity contribution in [2.75, 3.05) is 6.61 Å². The largest absolute Gasteiger partial charge is 0.416 e. The summed E-state index contributed by atoms with van der Waals surface area (Å²) in [5.41, 5.74) is -0.915. The van der Waals surface area contributed by atoms with Crippen LogP contribution in [0.2, 0.25) is 0 Å². The molecule has 0 aliphatic heterocycles. The van der Waals surface area contributed by atoms with Crippen LogP contribution in [0.1, 0.15) is 25.8 Å². The van der Waals surface area contributed by atoms with Crippen LogP contribution in [-0.2, 0) is 16.2 Å². The molecule has 0 saturated heterocycles. The molecular formula is C13H18F3NO3S. The van der Waals surface area contributed by atoms with Crippen molar-refractivity contribution < 1.29 is 26.7 Å². The summed E-state index contributed by atoms with van der Waals surface area (Å²) in [5, 5.41) is 9.16. The van der Waals surface area contributed by atoms with Crippen LogP contribution < -0.4 is 4.72 Å². The maximum absolute atomic E-state index is 12.4. The van der Waals surface area contributed by atoms with Gasteiger partial charge >= 0.3 is 6.18 Å². The van der Waals surface area contributed by atoms with Gasteiger partial charge in [-0.2, -0.15) is 13.2 Å². The fourth-order valence-electron chi connectivity index (χ4n) is 1.84. The molecule has 1 aromatic rings. The Morgan fingerprint density at radius 2 is 1.71 bits per heavy atom. The second-order valence-electron chi connectivity index (χ2n) is 5.15. The predicted octanol–water partition coefficient (Wildman–Crippen LogP) is 2.39. The Balaban J connectivity index is 2.92. The average Bonchev–Trinajstić information content (AvgIpc) is 2.36. The molecule has 0 bridgehead atoms. The molecule has 2 N–H and O–H groups in total. The van der Waals surface area contributed by atoms with Crippen molar-refractivity contribution in [1.82, 2.24) is 4.72 Å². The number of hydrogen-bond acceptors (Lipinski definition) is 3. The lowest BCUT2D eigenvalue weighted by Gasteiger charge is -2.18. The molecular weight excluding hydrogens is 307 g/mol. The van der Waals surface area contributed by atoms with Gasteiger partial charge in [0.15, 0.2) is 0 Å². The molecule has 1 atom stereocenters. The van der Waals surface area contributed by atoms with Gasteiger partial charge in [-0.1, -0.05) is 13.8 Å². The van der Waals surface area contributed by atoms with Gasteiger partial charge in [-0.3, -0.25) is 0 Å². The summed E-state index contributed by atoms with van der Waals surface area (Å²) in [6.07, 6.45) is -4.09. The second kappa shape index (κ2) is 6.76. The molecule has 4 nitrogen and oxygen atoms in total. The van der Waals surface area contributed by atoms with Crippen LogP contribution in [0.4, 0.5) is 13.2 Å². The Morgan fingerprint density at radius 1 is 1.19 bits per heavy atom. The maximum Gasteiger partial charge on any atom is 0.416 e. The zero-order chi connectivity index (χ0) is 16.3. The predicted molar refractivity (Wildman–Crippen MR) is 72.1 cm³/mol. The zero-order valence-corrected chi connectivity index (χ0v) is 12.5. The molecule has 0 aliphatic rings. The number of hydrogen-bond donors (Lipinski definition) is 2. The summed E-state index contributed by atoms with van der Waals surface area (Å²) in [6, 6.07) is 2.55. The molecule has 1 unspecified atom stereocenters. The van der Waals surface area contributed by atoms with E-state index in [1.165, 1.54) is 0 Å². The third-order valence-electron chi connectivity index (χ3n) is 2.79. The SMILES string of the molecule is CC(C)CC(CO)NS(=O)(=O)c1ccc(C(F)(F)F)cc1. The van der Waals surface area contributed by atoms with E-state index in [-0.39, 0.29) is 17.4 Å². The van der Waals surface area contributed by atoms with E-state index < -0.39 is 27.8 Å². The van der Waals surface area contributed by atoms with E-state index in [9.17, 15) is 21.6 Å². The Hall–Kier alpha value is -1.12. The number of nitrogens with one attached hydrogen (secondary N) is 1. The van der Waals surface area contributed by atoms with Gasteiger partial charge in [-0.05, 0) is 36.6 Å². The first kappa shape index (κ1) is 17.9. The summed E-state index contributed by atoms with van der Waals surface area (Å²) < 4.78 is 63.6. The number of rotatable bonds is 6. The lowest BCUT2D eigenvalue weighted by atomic mass is 10.1. The van der Waals surface area contributed by atoms with Crippen molar-refractivity contribution in [3.63, 3.8) is 0 Å². The van der Waals surface area contributed by atoms with Gasteiger partial charge in [0.05, 0.1) is 17.1 Å². The van der Waals surface area contributed by atoms with Gasteiger partial charge < -0.3 is 5.11 Å². The Labute approximate surface area is 122 Å². The number of benzene rings is 1. The third kappa shape index (κ3) is 5.29. The number of aliphatic hydroxyl groups is 1. The van der Waals surface area contributed by atoms with Crippen LogP contribution in [0, 0.1) is 5.92 Å². The molecule has 8 heteroatoms. The molecule has 0 saturated carbocycles. The molecule has 120 valence electrons. The topological polar surface area (TPSA) is 66.4 Å². The smallest absolute Gasteiger partial charge is 0.395 e.